The number of likely N-dealkylation sites (tertiary alicyclic amines) is 1. The number of anilines is 3. The van der Waals surface area contributed by atoms with E-state index in [0.717, 1.165) is 41.1 Å². The summed E-state index contributed by atoms with van der Waals surface area (Å²) in [6.07, 6.45) is 6.94. The van der Waals surface area contributed by atoms with Crippen LogP contribution in [0.2, 0.25) is 0 Å². The molecule has 1 amide bonds. The van der Waals surface area contributed by atoms with E-state index in [1.54, 1.807) is 29.3 Å². The quantitative estimate of drug-likeness (QED) is 0.534. The maximum atomic E-state index is 12.0. The van der Waals surface area contributed by atoms with E-state index in [0.29, 0.717) is 25.6 Å². The van der Waals surface area contributed by atoms with Gasteiger partial charge in [-0.25, -0.2) is 4.98 Å². The van der Waals surface area contributed by atoms with E-state index in [4.69, 9.17) is 9.72 Å². The van der Waals surface area contributed by atoms with Gasteiger partial charge in [0.25, 0.3) is 0 Å². The van der Waals surface area contributed by atoms with E-state index in [-0.39, 0.29) is 11.9 Å². The van der Waals surface area contributed by atoms with Gasteiger partial charge in [-0.1, -0.05) is 6.58 Å². The lowest BCUT2D eigenvalue weighted by molar-refractivity contribution is -0.127. The summed E-state index contributed by atoms with van der Waals surface area (Å²) in [4.78, 5) is 23.2. The number of hydrogen-bond donors (Lipinski definition) is 2. The second kappa shape index (κ2) is 9.23. The Bertz CT molecular complexity index is 1030. The molecule has 1 fully saturated rings. The van der Waals surface area contributed by atoms with Crippen LogP contribution in [0.3, 0.4) is 0 Å². The summed E-state index contributed by atoms with van der Waals surface area (Å²) < 4.78 is 7.90. The van der Waals surface area contributed by atoms with Gasteiger partial charge in [0.1, 0.15) is 5.82 Å². The highest BCUT2D eigenvalue weighted by Gasteiger charge is 2.23. The monoisotopic (exact) mass is 427 g/mol. The maximum Gasteiger partial charge on any atom is 0.246 e. The molecule has 0 radical (unpaired) electrons. The van der Waals surface area contributed by atoms with Gasteiger partial charge >= 0.3 is 0 Å². The van der Waals surface area contributed by atoms with Crippen molar-refractivity contribution in [3.63, 3.8) is 0 Å². The molecule has 0 aliphatic carbocycles. The third-order valence-corrected chi connectivity index (χ3v) is 5.88. The molecule has 0 saturated carbocycles. The van der Waals surface area contributed by atoms with Crippen molar-refractivity contribution in [3.05, 3.63) is 36.5 Å². The molecule has 9 nitrogen and oxygen atoms in total. The van der Waals surface area contributed by atoms with Gasteiger partial charge in [-0.2, -0.15) is 10.1 Å². The Labute approximate surface area is 178 Å². The average Bonchev–Trinajstić information content (AvgIpc) is 3.41. The first-order chi connectivity index (χ1) is 14.7. The Morgan fingerprint density at radius 2 is 2.37 bits per heavy atom. The van der Waals surface area contributed by atoms with Gasteiger partial charge < -0.3 is 20.3 Å². The minimum atomic E-state index is -0.0294. The summed E-state index contributed by atoms with van der Waals surface area (Å²) in [5.74, 6) is 1.25. The van der Waals surface area contributed by atoms with E-state index < -0.39 is 0 Å². The molecule has 4 heterocycles. The molecule has 1 atom stereocenters. The predicted octanol–water partition coefficient (Wildman–Crippen LogP) is 2.87. The van der Waals surface area contributed by atoms with Crippen LogP contribution < -0.4 is 10.6 Å². The van der Waals surface area contributed by atoms with Gasteiger partial charge in [-0.3, -0.25) is 9.48 Å². The van der Waals surface area contributed by atoms with Crippen LogP contribution in [-0.2, 0) is 16.1 Å². The van der Waals surface area contributed by atoms with Crippen molar-refractivity contribution in [3.8, 4) is 0 Å². The topological polar surface area (TPSA) is 97.2 Å². The number of nitrogens with one attached hydrogen (secondary N) is 2. The normalized spacial score (nSPS) is 16.6. The number of hydrogen-bond acceptors (Lipinski definition) is 8. The lowest BCUT2D eigenvalue weighted by Gasteiger charge is -2.32. The van der Waals surface area contributed by atoms with E-state index >= 15 is 0 Å². The van der Waals surface area contributed by atoms with Crippen molar-refractivity contribution < 1.29 is 9.53 Å². The first-order valence-corrected chi connectivity index (χ1v) is 10.8. The number of rotatable bonds is 8. The van der Waals surface area contributed by atoms with Gasteiger partial charge in [0, 0.05) is 32.4 Å². The molecular formula is C20H25N7O2S. The van der Waals surface area contributed by atoms with Gasteiger partial charge in [-0.15, -0.1) is 11.3 Å². The number of aromatic nitrogens is 4. The summed E-state index contributed by atoms with van der Waals surface area (Å²) in [6, 6.07) is 2.11. The molecule has 0 bridgehead atoms. The van der Waals surface area contributed by atoms with E-state index in [9.17, 15) is 4.79 Å². The van der Waals surface area contributed by atoms with Crippen molar-refractivity contribution in [2.45, 2.75) is 25.4 Å². The lowest BCUT2D eigenvalue weighted by atomic mass is 10.1. The van der Waals surface area contributed by atoms with Crippen LogP contribution in [0.15, 0.2) is 36.5 Å². The van der Waals surface area contributed by atoms with Crippen LogP contribution in [0.25, 0.3) is 10.2 Å². The van der Waals surface area contributed by atoms with Crippen molar-refractivity contribution >= 4 is 44.9 Å². The second-order valence-electron chi connectivity index (χ2n) is 7.11. The fourth-order valence-electron chi connectivity index (χ4n) is 3.50. The maximum absolute atomic E-state index is 12.0. The minimum Gasteiger partial charge on any atom is -0.383 e. The van der Waals surface area contributed by atoms with Crippen molar-refractivity contribution in [1.82, 2.24) is 24.6 Å². The van der Waals surface area contributed by atoms with E-state index in [1.807, 2.05) is 22.5 Å². The Morgan fingerprint density at radius 3 is 3.20 bits per heavy atom. The summed E-state index contributed by atoms with van der Waals surface area (Å²) in [7, 11) is 1.67. The number of carbonyl (C=O) groups is 1. The van der Waals surface area contributed by atoms with Crippen molar-refractivity contribution in [2.75, 3.05) is 37.4 Å². The largest absolute Gasteiger partial charge is 0.383 e. The average molecular weight is 428 g/mol. The fraction of sp³-hybridized carbons (Fsp3) is 0.400. The van der Waals surface area contributed by atoms with Gasteiger partial charge in [0.05, 0.1) is 35.3 Å². The predicted molar refractivity (Wildman–Crippen MR) is 118 cm³/mol. The van der Waals surface area contributed by atoms with Crippen LogP contribution in [0, 0.1) is 0 Å². The minimum absolute atomic E-state index is 0.0294. The summed E-state index contributed by atoms with van der Waals surface area (Å²) in [5.41, 5.74) is 1.69. The number of fused-ring (bicyclic) bond motifs is 1. The molecule has 158 valence electrons. The second-order valence-corrected chi connectivity index (χ2v) is 8.03. The summed E-state index contributed by atoms with van der Waals surface area (Å²) in [5, 5.41) is 13.1. The first-order valence-electron chi connectivity index (χ1n) is 9.88. The van der Waals surface area contributed by atoms with Crippen LogP contribution in [0.5, 0.6) is 0 Å². The zero-order chi connectivity index (χ0) is 20.9. The fourth-order valence-corrected chi connectivity index (χ4v) is 4.28. The van der Waals surface area contributed by atoms with E-state index in [1.165, 1.54) is 6.08 Å². The first kappa shape index (κ1) is 20.3. The number of ether oxygens (including phenoxy) is 1. The molecule has 10 heteroatoms. The van der Waals surface area contributed by atoms with Crippen LogP contribution in [-0.4, -0.2) is 63.4 Å². The smallest absolute Gasteiger partial charge is 0.246 e. The summed E-state index contributed by atoms with van der Waals surface area (Å²) in [6.45, 7) is 6.27. The number of nitrogens with zero attached hydrogens (tertiary/aromatic N) is 5. The number of carbonyl (C=O) groups excluding carboxylic acids is 1. The number of methoxy groups -OCH3 is 1. The third-order valence-electron chi connectivity index (χ3n) is 4.97. The highest BCUT2D eigenvalue weighted by Crippen LogP contribution is 2.29. The molecule has 3 aromatic rings. The van der Waals surface area contributed by atoms with Gasteiger partial charge in [0.15, 0.2) is 0 Å². The van der Waals surface area contributed by atoms with Crippen LogP contribution >= 0.6 is 11.3 Å². The molecule has 0 spiro atoms. The van der Waals surface area contributed by atoms with Crippen LogP contribution in [0.4, 0.5) is 17.5 Å². The van der Waals surface area contributed by atoms with Crippen molar-refractivity contribution in [2.24, 2.45) is 0 Å². The Hall–Kier alpha value is -2.98. The standard InChI is InChI=1S/C20H25N7O2S/c1-3-17(28)26-7-4-5-14(12-26)22-19-18-16(6-10-30-18)24-20(25-19)23-15-11-21-27(13-15)8-9-29-2/h3,6,10-11,13-14H,1,4-5,7-9,12H2,2H3,(H2,22,23,24,25)/t14-/m1/s1. The zero-order valence-electron chi connectivity index (χ0n) is 16.9. The molecule has 0 aromatic carbocycles. The number of amides is 1. The highest BCUT2D eigenvalue weighted by atomic mass is 32.1. The highest BCUT2D eigenvalue weighted by molar-refractivity contribution is 7.17. The Morgan fingerprint density at radius 1 is 1.47 bits per heavy atom. The van der Waals surface area contributed by atoms with E-state index in [2.05, 4.69) is 27.3 Å². The van der Waals surface area contributed by atoms with Gasteiger partial charge in [-0.05, 0) is 30.4 Å². The third kappa shape index (κ3) is 4.60. The molecule has 1 saturated heterocycles. The van der Waals surface area contributed by atoms with Crippen molar-refractivity contribution in [1.29, 1.82) is 0 Å². The molecule has 3 aromatic heterocycles. The summed E-state index contributed by atoms with van der Waals surface area (Å²) >= 11 is 1.60. The molecule has 2 N–H and O–H groups in total. The lowest BCUT2D eigenvalue weighted by Crippen LogP contribution is -2.44. The van der Waals surface area contributed by atoms with Crippen LogP contribution in [0.1, 0.15) is 12.8 Å². The Kier molecular flexibility index (Phi) is 6.24. The Balaban J connectivity index is 1.52. The number of piperidine rings is 1. The number of thiophene rings is 1. The molecule has 0 unspecified atom stereocenters. The molecule has 30 heavy (non-hydrogen) atoms. The van der Waals surface area contributed by atoms with Gasteiger partial charge in [0.2, 0.25) is 11.9 Å². The molecule has 4 rings (SSSR count). The molecule has 1 aliphatic heterocycles. The zero-order valence-corrected chi connectivity index (χ0v) is 17.7. The SMILES string of the molecule is C=CC(=O)N1CCC[C@@H](Nc2nc(Nc3cnn(CCOC)c3)nc3ccsc23)C1. The molecular weight excluding hydrogens is 402 g/mol. The molecule has 1 aliphatic rings.